The van der Waals surface area contributed by atoms with Crippen LogP contribution in [0.1, 0.15) is 36.7 Å². The fraction of sp³-hybridized carbons (Fsp3) is 0.286. The normalized spacial score (nSPS) is 12.1. The minimum atomic E-state index is -0.817. The highest BCUT2D eigenvalue weighted by atomic mass is 35.5. The van der Waals surface area contributed by atoms with E-state index >= 15 is 0 Å². The quantitative estimate of drug-likeness (QED) is 0.416. The third-order valence-corrected chi connectivity index (χ3v) is 4.83. The molecule has 3 N–H and O–H groups in total. The van der Waals surface area contributed by atoms with Crippen molar-refractivity contribution >= 4 is 41.2 Å². The van der Waals surface area contributed by atoms with Gasteiger partial charge in [-0.15, -0.1) is 0 Å². The van der Waals surface area contributed by atoms with Gasteiger partial charge in [-0.05, 0) is 54.8 Å². The predicted molar refractivity (Wildman–Crippen MR) is 118 cm³/mol. The lowest BCUT2D eigenvalue weighted by Crippen LogP contribution is -2.48. The Hall–Kier alpha value is -2.77. The van der Waals surface area contributed by atoms with Crippen LogP contribution in [0, 0.1) is 5.92 Å². The van der Waals surface area contributed by atoms with Crippen LogP contribution in [-0.2, 0) is 4.79 Å². The summed E-state index contributed by atoms with van der Waals surface area (Å²) in [5.74, 6) is -0.778. The van der Waals surface area contributed by atoms with E-state index in [2.05, 4.69) is 15.8 Å². The average molecular weight is 452 g/mol. The molecular formula is C21H23Cl2N3O4. The van der Waals surface area contributed by atoms with Crippen LogP contribution in [0.5, 0.6) is 11.5 Å². The number of aromatic hydroxyl groups is 1. The second-order valence-electron chi connectivity index (χ2n) is 6.72. The van der Waals surface area contributed by atoms with Gasteiger partial charge < -0.3 is 15.2 Å². The van der Waals surface area contributed by atoms with E-state index in [0.29, 0.717) is 28.5 Å². The van der Waals surface area contributed by atoms with Gasteiger partial charge in [0.2, 0.25) is 0 Å². The average Bonchev–Trinajstić information content (AvgIpc) is 2.70. The number of hydrogen-bond acceptors (Lipinski definition) is 5. The van der Waals surface area contributed by atoms with Gasteiger partial charge in [0.25, 0.3) is 11.8 Å². The van der Waals surface area contributed by atoms with Gasteiger partial charge in [0, 0.05) is 5.56 Å². The van der Waals surface area contributed by atoms with E-state index < -0.39 is 17.9 Å². The molecule has 2 amide bonds. The van der Waals surface area contributed by atoms with Crippen molar-refractivity contribution in [2.45, 2.75) is 26.8 Å². The van der Waals surface area contributed by atoms with Crippen LogP contribution in [0.15, 0.2) is 41.5 Å². The second kappa shape index (κ2) is 10.8. The van der Waals surface area contributed by atoms with Crippen molar-refractivity contribution in [2.24, 2.45) is 11.0 Å². The maximum Gasteiger partial charge on any atom is 0.262 e. The summed E-state index contributed by atoms with van der Waals surface area (Å²) >= 11 is 11.8. The summed E-state index contributed by atoms with van der Waals surface area (Å²) < 4.78 is 5.31. The van der Waals surface area contributed by atoms with Crippen molar-refractivity contribution in [1.29, 1.82) is 0 Å². The number of hydrazone groups is 1. The standard InChI is InChI=1S/C21H23Cl2N3O4/c1-4-30-18-9-13(5-8-17(18)27)11-24-26-21(29)19(12(2)3)25-20(28)14-6-7-15(22)16(23)10-14/h5-12,19,27H,4H2,1-3H3,(H,25,28)(H,26,29). The first kappa shape index (κ1) is 23.5. The van der Waals surface area contributed by atoms with Crippen LogP contribution >= 0.6 is 23.2 Å². The molecular weight excluding hydrogens is 429 g/mol. The van der Waals surface area contributed by atoms with Crippen molar-refractivity contribution < 1.29 is 19.4 Å². The molecule has 0 saturated heterocycles. The smallest absolute Gasteiger partial charge is 0.262 e. The number of benzene rings is 2. The number of phenolic OH excluding ortho intramolecular Hbond substituents is 1. The zero-order chi connectivity index (χ0) is 22.3. The lowest BCUT2D eigenvalue weighted by atomic mass is 10.0. The van der Waals surface area contributed by atoms with Crippen molar-refractivity contribution in [3.05, 3.63) is 57.6 Å². The van der Waals surface area contributed by atoms with Crippen LogP contribution in [0.3, 0.4) is 0 Å². The number of hydrogen-bond donors (Lipinski definition) is 3. The van der Waals surface area contributed by atoms with Crippen molar-refractivity contribution in [2.75, 3.05) is 6.61 Å². The molecule has 30 heavy (non-hydrogen) atoms. The van der Waals surface area contributed by atoms with E-state index in [9.17, 15) is 14.7 Å². The zero-order valence-electron chi connectivity index (χ0n) is 16.8. The number of amides is 2. The van der Waals surface area contributed by atoms with Crippen LogP contribution in [0.4, 0.5) is 0 Å². The first-order valence-corrected chi connectivity index (χ1v) is 10.0. The third-order valence-electron chi connectivity index (χ3n) is 4.09. The maximum absolute atomic E-state index is 12.5. The molecule has 0 spiro atoms. The number of phenols is 1. The monoisotopic (exact) mass is 451 g/mol. The predicted octanol–water partition coefficient (Wildman–Crippen LogP) is 4.00. The van der Waals surface area contributed by atoms with Gasteiger partial charge in [-0.1, -0.05) is 37.0 Å². The molecule has 0 fully saturated rings. The van der Waals surface area contributed by atoms with E-state index in [1.165, 1.54) is 30.5 Å². The molecule has 0 saturated carbocycles. The lowest BCUT2D eigenvalue weighted by Gasteiger charge is -2.20. The Kier molecular flexibility index (Phi) is 8.50. The van der Waals surface area contributed by atoms with Crippen molar-refractivity contribution in [3.63, 3.8) is 0 Å². The summed E-state index contributed by atoms with van der Waals surface area (Å²) in [6.45, 7) is 5.81. The Labute approximate surface area is 185 Å². The second-order valence-corrected chi connectivity index (χ2v) is 7.53. The Morgan fingerprint density at radius 2 is 1.90 bits per heavy atom. The summed E-state index contributed by atoms with van der Waals surface area (Å²) in [5, 5.41) is 16.9. The first-order valence-electron chi connectivity index (χ1n) is 9.27. The highest BCUT2D eigenvalue weighted by Gasteiger charge is 2.24. The van der Waals surface area contributed by atoms with Gasteiger partial charge in [0.05, 0.1) is 22.9 Å². The summed E-state index contributed by atoms with van der Waals surface area (Å²) in [5.41, 5.74) is 3.33. The van der Waals surface area contributed by atoms with E-state index in [0.717, 1.165) is 0 Å². The molecule has 0 aliphatic heterocycles. The molecule has 9 heteroatoms. The van der Waals surface area contributed by atoms with E-state index in [4.69, 9.17) is 27.9 Å². The molecule has 0 bridgehead atoms. The van der Waals surface area contributed by atoms with Gasteiger partial charge in [-0.2, -0.15) is 5.10 Å². The Morgan fingerprint density at radius 3 is 2.53 bits per heavy atom. The van der Waals surface area contributed by atoms with Crippen molar-refractivity contribution in [3.8, 4) is 11.5 Å². The molecule has 0 heterocycles. The number of nitrogens with zero attached hydrogens (tertiary/aromatic N) is 1. The molecule has 0 aromatic heterocycles. The van der Waals surface area contributed by atoms with Gasteiger partial charge >= 0.3 is 0 Å². The molecule has 2 aromatic rings. The van der Waals surface area contributed by atoms with Crippen LogP contribution in [-0.4, -0.2) is 35.8 Å². The third kappa shape index (κ3) is 6.37. The van der Waals surface area contributed by atoms with Crippen LogP contribution in [0.2, 0.25) is 10.0 Å². The summed E-state index contributed by atoms with van der Waals surface area (Å²) in [6.07, 6.45) is 1.41. The molecule has 1 atom stereocenters. The van der Waals surface area contributed by atoms with E-state index in [-0.39, 0.29) is 16.7 Å². The van der Waals surface area contributed by atoms with Gasteiger partial charge in [-0.3, -0.25) is 9.59 Å². The largest absolute Gasteiger partial charge is 0.504 e. The topological polar surface area (TPSA) is 100 Å². The van der Waals surface area contributed by atoms with Gasteiger partial charge in [-0.25, -0.2) is 5.43 Å². The fourth-order valence-electron chi connectivity index (χ4n) is 2.52. The summed E-state index contributed by atoms with van der Waals surface area (Å²) in [7, 11) is 0. The number of nitrogens with one attached hydrogen (secondary N) is 2. The van der Waals surface area contributed by atoms with Crippen molar-refractivity contribution in [1.82, 2.24) is 10.7 Å². The van der Waals surface area contributed by atoms with Gasteiger partial charge in [0.15, 0.2) is 11.5 Å². The maximum atomic E-state index is 12.5. The number of halogens is 2. The Morgan fingerprint density at radius 1 is 1.17 bits per heavy atom. The number of ether oxygens (including phenoxy) is 1. The van der Waals surface area contributed by atoms with Crippen LogP contribution in [0.25, 0.3) is 0 Å². The summed E-state index contributed by atoms with van der Waals surface area (Å²) in [6, 6.07) is 8.36. The first-order chi connectivity index (χ1) is 14.2. The number of carbonyl (C=O) groups is 2. The minimum absolute atomic E-state index is 0.0166. The SMILES string of the molecule is CCOc1cc(C=NNC(=O)C(NC(=O)c2ccc(Cl)c(Cl)c2)C(C)C)ccc1O. The molecule has 1 unspecified atom stereocenters. The molecule has 0 aliphatic carbocycles. The molecule has 2 rings (SSSR count). The van der Waals surface area contributed by atoms with Gasteiger partial charge in [0.1, 0.15) is 6.04 Å². The highest BCUT2D eigenvalue weighted by molar-refractivity contribution is 6.42. The van der Waals surface area contributed by atoms with E-state index in [1.54, 1.807) is 32.9 Å². The van der Waals surface area contributed by atoms with Crippen LogP contribution < -0.4 is 15.5 Å². The Balaban J connectivity index is 2.05. The molecule has 160 valence electrons. The number of rotatable bonds is 8. The lowest BCUT2D eigenvalue weighted by molar-refractivity contribution is -0.123. The molecule has 0 aliphatic rings. The number of carbonyl (C=O) groups excluding carboxylic acids is 2. The zero-order valence-corrected chi connectivity index (χ0v) is 18.3. The molecule has 2 aromatic carbocycles. The molecule has 7 nitrogen and oxygen atoms in total. The van der Waals surface area contributed by atoms with E-state index in [1.807, 2.05) is 0 Å². The Bertz CT molecular complexity index is 948. The summed E-state index contributed by atoms with van der Waals surface area (Å²) in [4.78, 5) is 25.0. The molecule has 0 radical (unpaired) electrons. The fourth-order valence-corrected chi connectivity index (χ4v) is 2.82. The minimum Gasteiger partial charge on any atom is -0.504 e. The highest BCUT2D eigenvalue weighted by Crippen LogP contribution is 2.26.